The van der Waals surface area contributed by atoms with Crippen molar-refractivity contribution in [3.8, 4) is 0 Å². The Bertz CT molecular complexity index is 761. The number of carbonyl (C=O) groups excluding carboxylic acids is 1. The van der Waals surface area contributed by atoms with Gasteiger partial charge in [-0.3, -0.25) is 0 Å². The molecule has 2 aromatic rings. The van der Waals surface area contributed by atoms with Gasteiger partial charge in [0, 0.05) is 10.6 Å². The van der Waals surface area contributed by atoms with Gasteiger partial charge in [0.1, 0.15) is 11.9 Å². The van der Waals surface area contributed by atoms with Gasteiger partial charge in [-0.05, 0) is 56.7 Å². The van der Waals surface area contributed by atoms with Crippen LogP contribution in [-0.2, 0) is 9.47 Å². The fourth-order valence-electron chi connectivity index (χ4n) is 2.17. The third kappa shape index (κ3) is 5.50. The van der Waals surface area contributed by atoms with Crippen LogP contribution in [0.1, 0.15) is 42.8 Å². The fourth-order valence-corrected chi connectivity index (χ4v) is 2.30. The Balaban J connectivity index is 2.01. The number of allylic oxidation sites excluding steroid dienone is 2. The van der Waals surface area contributed by atoms with Crippen molar-refractivity contribution < 1.29 is 14.3 Å². The molecule has 0 saturated heterocycles. The van der Waals surface area contributed by atoms with E-state index in [9.17, 15) is 4.79 Å². The Morgan fingerprint density at radius 2 is 1.72 bits per heavy atom. The minimum atomic E-state index is -0.396. The number of esters is 1. The Morgan fingerprint density at radius 1 is 1.08 bits per heavy atom. The normalized spacial score (nSPS) is 13.3. The standard InChI is InChI=1S/C21H21ClO3/c1-4-20(25-21(23)18-8-6-5-7-9-18)15(2)14-24-16(3)17-10-12-19(22)13-11-17/h4-14,16H,1-3H3/b15-14+,20-4-/t16-/m1/s1. The van der Waals surface area contributed by atoms with Crippen molar-refractivity contribution in [2.24, 2.45) is 0 Å². The van der Waals surface area contributed by atoms with Crippen molar-refractivity contribution >= 4 is 17.6 Å². The van der Waals surface area contributed by atoms with Crippen LogP contribution in [0.2, 0.25) is 5.02 Å². The molecule has 0 aliphatic rings. The fraction of sp³-hybridized carbons (Fsp3) is 0.190. The molecule has 0 N–H and O–H groups in total. The number of hydrogen-bond donors (Lipinski definition) is 0. The van der Waals surface area contributed by atoms with Crippen molar-refractivity contribution in [2.45, 2.75) is 26.9 Å². The van der Waals surface area contributed by atoms with Crippen molar-refractivity contribution in [1.29, 1.82) is 0 Å². The van der Waals surface area contributed by atoms with Crippen molar-refractivity contribution in [2.75, 3.05) is 0 Å². The molecule has 1 atom stereocenters. The molecule has 0 heterocycles. The van der Waals surface area contributed by atoms with Gasteiger partial charge in [0.2, 0.25) is 0 Å². The average Bonchev–Trinajstić information content (AvgIpc) is 2.65. The lowest BCUT2D eigenvalue weighted by molar-refractivity contribution is 0.0629. The van der Waals surface area contributed by atoms with Crippen LogP contribution >= 0.6 is 11.6 Å². The smallest absolute Gasteiger partial charge is 0.343 e. The summed E-state index contributed by atoms with van der Waals surface area (Å²) >= 11 is 5.89. The first-order valence-corrected chi connectivity index (χ1v) is 8.40. The van der Waals surface area contributed by atoms with E-state index in [-0.39, 0.29) is 6.10 Å². The van der Waals surface area contributed by atoms with Crippen LogP contribution in [0, 0.1) is 0 Å². The molecule has 3 nitrogen and oxygen atoms in total. The second kappa shape index (κ2) is 9.09. The summed E-state index contributed by atoms with van der Waals surface area (Å²) in [6.45, 7) is 5.59. The largest absolute Gasteiger partial charge is 0.493 e. The zero-order valence-electron chi connectivity index (χ0n) is 14.5. The van der Waals surface area contributed by atoms with Gasteiger partial charge < -0.3 is 9.47 Å². The Hall–Kier alpha value is -2.52. The maximum atomic E-state index is 12.2. The SMILES string of the molecule is C/C=C(OC(=O)c1ccccc1)/C(C)=C/O[C@H](C)c1ccc(Cl)cc1. The van der Waals surface area contributed by atoms with Crippen molar-refractivity contribution in [1.82, 2.24) is 0 Å². The Kier molecular flexibility index (Phi) is 6.84. The molecule has 2 aromatic carbocycles. The molecule has 0 bridgehead atoms. The van der Waals surface area contributed by atoms with Crippen molar-refractivity contribution in [3.05, 3.63) is 94.4 Å². The summed E-state index contributed by atoms with van der Waals surface area (Å²) in [5.74, 6) is 0.0735. The van der Waals surface area contributed by atoms with Crippen LogP contribution in [0.4, 0.5) is 0 Å². The van der Waals surface area contributed by atoms with Gasteiger partial charge in [0.05, 0.1) is 11.8 Å². The molecule has 4 heteroatoms. The van der Waals surface area contributed by atoms with Gasteiger partial charge in [-0.2, -0.15) is 0 Å². The zero-order chi connectivity index (χ0) is 18.2. The van der Waals surface area contributed by atoms with Crippen LogP contribution in [0.3, 0.4) is 0 Å². The monoisotopic (exact) mass is 356 g/mol. The molecule has 0 radical (unpaired) electrons. The molecule has 0 amide bonds. The molecule has 0 aliphatic carbocycles. The van der Waals surface area contributed by atoms with Crippen molar-refractivity contribution in [3.63, 3.8) is 0 Å². The van der Waals surface area contributed by atoms with E-state index in [2.05, 4.69) is 0 Å². The molecule has 0 aromatic heterocycles. The van der Waals surface area contributed by atoms with Gasteiger partial charge in [0.15, 0.2) is 0 Å². The lowest BCUT2D eigenvalue weighted by Crippen LogP contribution is -2.06. The first-order valence-electron chi connectivity index (χ1n) is 8.03. The quantitative estimate of drug-likeness (QED) is 0.357. The number of hydrogen-bond acceptors (Lipinski definition) is 3. The third-order valence-electron chi connectivity index (χ3n) is 3.65. The number of halogens is 1. The zero-order valence-corrected chi connectivity index (χ0v) is 15.3. The maximum Gasteiger partial charge on any atom is 0.343 e. The molecule has 0 fully saturated rings. The summed E-state index contributed by atoms with van der Waals surface area (Å²) in [5, 5.41) is 0.687. The molecule has 0 aliphatic heterocycles. The summed E-state index contributed by atoms with van der Waals surface area (Å²) in [5.41, 5.74) is 2.24. The van der Waals surface area contributed by atoms with Crippen LogP contribution in [-0.4, -0.2) is 5.97 Å². The second-order valence-electron chi connectivity index (χ2n) is 5.54. The summed E-state index contributed by atoms with van der Waals surface area (Å²) < 4.78 is 11.2. The molecular weight excluding hydrogens is 336 g/mol. The van der Waals surface area contributed by atoms with E-state index in [0.29, 0.717) is 16.3 Å². The molecule has 130 valence electrons. The van der Waals surface area contributed by atoms with E-state index in [1.807, 2.05) is 51.1 Å². The third-order valence-corrected chi connectivity index (χ3v) is 3.90. The van der Waals surface area contributed by atoms with Gasteiger partial charge in [0.25, 0.3) is 0 Å². The van der Waals surface area contributed by atoms with E-state index in [1.54, 1.807) is 36.6 Å². The first-order chi connectivity index (χ1) is 12.0. The topological polar surface area (TPSA) is 35.5 Å². The predicted octanol–water partition coefficient (Wildman–Crippen LogP) is 6.08. The molecule has 0 spiro atoms. The average molecular weight is 357 g/mol. The van der Waals surface area contributed by atoms with Gasteiger partial charge in [-0.15, -0.1) is 0 Å². The second-order valence-corrected chi connectivity index (χ2v) is 5.98. The summed E-state index contributed by atoms with van der Waals surface area (Å²) in [4.78, 5) is 12.2. The van der Waals surface area contributed by atoms with E-state index in [0.717, 1.165) is 11.1 Å². The number of carbonyl (C=O) groups is 1. The highest BCUT2D eigenvalue weighted by atomic mass is 35.5. The molecule has 2 rings (SSSR count). The van der Waals surface area contributed by atoms with Crippen LogP contribution in [0.5, 0.6) is 0 Å². The van der Waals surface area contributed by atoms with Gasteiger partial charge in [-0.25, -0.2) is 4.79 Å². The summed E-state index contributed by atoms with van der Waals surface area (Å²) in [7, 11) is 0. The van der Waals surface area contributed by atoms with E-state index < -0.39 is 5.97 Å². The molecule has 0 unspecified atom stereocenters. The Morgan fingerprint density at radius 3 is 2.32 bits per heavy atom. The molecule has 25 heavy (non-hydrogen) atoms. The lowest BCUT2D eigenvalue weighted by Gasteiger charge is -2.14. The highest BCUT2D eigenvalue weighted by Crippen LogP contribution is 2.21. The van der Waals surface area contributed by atoms with Crippen LogP contribution in [0.25, 0.3) is 0 Å². The maximum absolute atomic E-state index is 12.2. The number of rotatable bonds is 6. The highest BCUT2D eigenvalue weighted by Gasteiger charge is 2.12. The summed E-state index contributed by atoms with van der Waals surface area (Å²) in [6, 6.07) is 16.4. The van der Waals surface area contributed by atoms with E-state index >= 15 is 0 Å². The van der Waals surface area contributed by atoms with Gasteiger partial charge in [-0.1, -0.05) is 41.9 Å². The first kappa shape index (κ1) is 18.8. The minimum absolute atomic E-state index is 0.143. The van der Waals surface area contributed by atoms with Crippen LogP contribution < -0.4 is 0 Å². The highest BCUT2D eigenvalue weighted by molar-refractivity contribution is 6.30. The molecule has 0 saturated carbocycles. The van der Waals surface area contributed by atoms with Gasteiger partial charge >= 0.3 is 5.97 Å². The Labute approximate surface area is 153 Å². The number of benzene rings is 2. The van der Waals surface area contributed by atoms with E-state index in [1.165, 1.54) is 0 Å². The van der Waals surface area contributed by atoms with E-state index in [4.69, 9.17) is 21.1 Å². The summed E-state index contributed by atoms with van der Waals surface area (Å²) in [6.07, 6.45) is 3.20. The lowest BCUT2D eigenvalue weighted by atomic mass is 10.1. The van der Waals surface area contributed by atoms with Crippen LogP contribution in [0.15, 0.2) is 78.3 Å². The molecular formula is C21H21ClO3. The predicted molar refractivity (Wildman–Crippen MR) is 100 cm³/mol. The number of ether oxygens (including phenoxy) is 2. The minimum Gasteiger partial charge on any atom is -0.493 e.